The Morgan fingerprint density at radius 3 is 2.86 bits per heavy atom. The standard InChI is InChI=1S/C18H18N2O2/c1-4-8-20-13(2)9-17(14(20)3)18(21)12-22-16-7-5-6-15(10-16)11-19/h4-7,9-10H,1,8,12H2,2-3H3. The summed E-state index contributed by atoms with van der Waals surface area (Å²) < 4.78 is 7.54. The molecule has 22 heavy (non-hydrogen) atoms. The van der Waals surface area contributed by atoms with Gasteiger partial charge in [0.05, 0.1) is 11.6 Å². The maximum absolute atomic E-state index is 12.3. The van der Waals surface area contributed by atoms with E-state index in [9.17, 15) is 4.79 Å². The maximum atomic E-state index is 12.3. The van der Waals surface area contributed by atoms with Gasteiger partial charge in [0.1, 0.15) is 5.75 Å². The average Bonchev–Trinajstić information content (AvgIpc) is 2.81. The highest BCUT2D eigenvalue weighted by atomic mass is 16.5. The molecule has 112 valence electrons. The molecule has 0 aliphatic carbocycles. The minimum atomic E-state index is -0.0780. The molecule has 0 spiro atoms. The molecule has 1 aromatic heterocycles. The minimum absolute atomic E-state index is 0.0483. The van der Waals surface area contributed by atoms with Gasteiger partial charge < -0.3 is 9.30 Å². The van der Waals surface area contributed by atoms with Crippen LogP contribution in [0, 0.1) is 25.2 Å². The van der Waals surface area contributed by atoms with Crippen LogP contribution in [0.4, 0.5) is 0 Å². The SMILES string of the molecule is C=CCn1c(C)cc(C(=O)COc2cccc(C#N)c2)c1C. The first-order valence-corrected chi connectivity index (χ1v) is 7.00. The lowest BCUT2D eigenvalue weighted by Gasteiger charge is -2.07. The van der Waals surface area contributed by atoms with Crippen molar-refractivity contribution in [2.24, 2.45) is 0 Å². The van der Waals surface area contributed by atoms with Crippen LogP contribution in [0.3, 0.4) is 0 Å². The Labute approximate surface area is 130 Å². The third-order valence-electron chi connectivity index (χ3n) is 3.52. The van der Waals surface area contributed by atoms with E-state index in [1.165, 1.54) is 0 Å². The van der Waals surface area contributed by atoms with Crippen LogP contribution < -0.4 is 4.74 Å². The van der Waals surface area contributed by atoms with Crippen LogP contribution in [0.5, 0.6) is 5.75 Å². The molecule has 0 amide bonds. The van der Waals surface area contributed by atoms with Gasteiger partial charge in [0.15, 0.2) is 6.61 Å². The molecule has 0 bridgehead atoms. The molecule has 2 aromatic rings. The Morgan fingerprint density at radius 2 is 2.18 bits per heavy atom. The summed E-state index contributed by atoms with van der Waals surface area (Å²) in [5, 5.41) is 8.85. The number of ketones is 1. The number of nitriles is 1. The predicted octanol–water partition coefficient (Wildman–Crippen LogP) is 3.42. The van der Waals surface area contributed by atoms with Crippen molar-refractivity contribution in [2.75, 3.05) is 6.61 Å². The molecule has 1 aromatic carbocycles. The number of rotatable bonds is 6. The number of hydrogen-bond donors (Lipinski definition) is 0. The molecular formula is C18H18N2O2. The van der Waals surface area contributed by atoms with Gasteiger partial charge >= 0.3 is 0 Å². The summed E-state index contributed by atoms with van der Waals surface area (Å²) in [6.07, 6.45) is 1.80. The van der Waals surface area contributed by atoms with Crippen LogP contribution in [-0.4, -0.2) is 17.0 Å². The Kier molecular flexibility index (Phi) is 4.80. The van der Waals surface area contributed by atoms with Crippen molar-refractivity contribution in [3.63, 3.8) is 0 Å². The van der Waals surface area contributed by atoms with E-state index in [2.05, 4.69) is 6.58 Å². The third-order valence-corrected chi connectivity index (χ3v) is 3.52. The third kappa shape index (κ3) is 3.26. The van der Waals surface area contributed by atoms with Crippen molar-refractivity contribution in [1.29, 1.82) is 5.26 Å². The summed E-state index contributed by atoms with van der Waals surface area (Å²) >= 11 is 0. The van der Waals surface area contributed by atoms with Crippen molar-refractivity contribution in [1.82, 2.24) is 4.57 Å². The summed E-state index contributed by atoms with van der Waals surface area (Å²) in [5.74, 6) is 0.443. The second-order valence-electron chi connectivity index (χ2n) is 5.04. The van der Waals surface area contributed by atoms with Gasteiger partial charge in [-0.05, 0) is 38.1 Å². The normalized spacial score (nSPS) is 10.0. The van der Waals surface area contributed by atoms with Crippen molar-refractivity contribution in [2.45, 2.75) is 20.4 Å². The molecule has 0 N–H and O–H groups in total. The summed E-state index contributed by atoms with van der Waals surface area (Å²) in [4.78, 5) is 12.3. The van der Waals surface area contributed by atoms with Crippen LogP contribution in [0.15, 0.2) is 43.0 Å². The zero-order valence-corrected chi connectivity index (χ0v) is 12.8. The van der Waals surface area contributed by atoms with Gasteiger partial charge in [-0.1, -0.05) is 12.1 Å². The van der Waals surface area contributed by atoms with Gasteiger partial charge in [-0.15, -0.1) is 6.58 Å². The van der Waals surface area contributed by atoms with Gasteiger partial charge in [0.2, 0.25) is 5.78 Å². The molecule has 1 heterocycles. The number of carbonyl (C=O) groups is 1. The Balaban J connectivity index is 2.11. The molecule has 0 fully saturated rings. The molecule has 0 atom stereocenters. The highest BCUT2D eigenvalue weighted by Crippen LogP contribution is 2.17. The average molecular weight is 294 g/mol. The fourth-order valence-corrected chi connectivity index (χ4v) is 2.38. The summed E-state index contributed by atoms with van der Waals surface area (Å²) in [7, 11) is 0. The molecule has 0 aliphatic heterocycles. The molecule has 4 nitrogen and oxygen atoms in total. The molecular weight excluding hydrogens is 276 g/mol. The summed E-state index contributed by atoms with van der Waals surface area (Å²) in [6.45, 7) is 8.24. The molecule has 4 heteroatoms. The lowest BCUT2D eigenvalue weighted by Crippen LogP contribution is -2.13. The fourth-order valence-electron chi connectivity index (χ4n) is 2.38. The minimum Gasteiger partial charge on any atom is -0.485 e. The summed E-state index contributed by atoms with van der Waals surface area (Å²) in [5.41, 5.74) is 3.11. The molecule has 0 saturated heterocycles. The van der Waals surface area contributed by atoms with Crippen molar-refractivity contribution in [3.05, 3.63) is 65.5 Å². The quantitative estimate of drug-likeness (QED) is 0.606. The van der Waals surface area contributed by atoms with Gasteiger partial charge in [0.25, 0.3) is 0 Å². The van der Waals surface area contributed by atoms with Gasteiger partial charge in [-0.2, -0.15) is 5.26 Å². The lowest BCUT2D eigenvalue weighted by molar-refractivity contribution is 0.0921. The van der Waals surface area contributed by atoms with E-state index < -0.39 is 0 Å². The van der Waals surface area contributed by atoms with Crippen LogP contribution in [0.2, 0.25) is 0 Å². The van der Waals surface area contributed by atoms with E-state index >= 15 is 0 Å². The number of carbonyl (C=O) groups excluding carboxylic acids is 1. The van der Waals surface area contributed by atoms with E-state index in [4.69, 9.17) is 10.00 Å². The molecule has 0 unspecified atom stereocenters. The van der Waals surface area contributed by atoms with Crippen molar-refractivity contribution >= 4 is 5.78 Å². The zero-order chi connectivity index (χ0) is 16.1. The topological polar surface area (TPSA) is 55.0 Å². The second kappa shape index (κ2) is 6.77. The Bertz CT molecular complexity index is 751. The predicted molar refractivity (Wildman–Crippen MR) is 85.1 cm³/mol. The molecule has 0 aliphatic rings. The van der Waals surface area contributed by atoms with E-state index in [1.54, 1.807) is 30.3 Å². The molecule has 2 rings (SSSR count). The highest BCUT2D eigenvalue weighted by Gasteiger charge is 2.15. The maximum Gasteiger partial charge on any atom is 0.202 e. The highest BCUT2D eigenvalue weighted by molar-refractivity contribution is 5.98. The molecule has 0 radical (unpaired) electrons. The van der Waals surface area contributed by atoms with Crippen LogP contribution in [0.1, 0.15) is 27.3 Å². The largest absolute Gasteiger partial charge is 0.485 e. The van der Waals surface area contributed by atoms with Crippen LogP contribution in [-0.2, 0) is 6.54 Å². The number of ether oxygens (including phenoxy) is 1. The van der Waals surface area contributed by atoms with Gasteiger partial charge in [-0.25, -0.2) is 0 Å². The first kappa shape index (κ1) is 15.6. The van der Waals surface area contributed by atoms with E-state index in [1.807, 2.05) is 30.6 Å². The monoisotopic (exact) mass is 294 g/mol. The fraction of sp³-hybridized carbons (Fsp3) is 0.222. The number of Topliss-reactive ketones (excluding diaryl/α,β-unsaturated/α-hetero) is 1. The zero-order valence-electron chi connectivity index (χ0n) is 12.8. The second-order valence-corrected chi connectivity index (χ2v) is 5.04. The van der Waals surface area contributed by atoms with Gasteiger partial charge in [-0.3, -0.25) is 4.79 Å². The number of aromatic nitrogens is 1. The smallest absolute Gasteiger partial charge is 0.202 e. The number of allylic oxidation sites excluding steroid dienone is 1. The lowest BCUT2D eigenvalue weighted by atomic mass is 10.1. The number of nitrogens with zero attached hydrogens (tertiary/aromatic N) is 2. The van der Waals surface area contributed by atoms with Crippen LogP contribution in [0.25, 0.3) is 0 Å². The number of aryl methyl sites for hydroxylation is 1. The first-order valence-electron chi connectivity index (χ1n) is 7.00. The van der Waals surface area contributed by atoms with E-state index in [0.29, 0.717) is 23.4 Å². The summed E-state index contributed by atoms with van der Waals surface area (Å²) in [6, 6.07) is 10.7. The van der Waals surface area contributed by atoms with E-state index in [-0.39, 0.29) is 12.4 Å². The first-order chi connectivity index (χ1) is 10.6. The Morgan fingerprint density at radius 1 is 1.41 bits per heavy atom. The van der Waals surface area contributed by atoms with Crippen molar-refractivity contribution < 1.29 is 9.53 Å². The number of benzene rings is 1. The number of hydrogen-bond acceptors (Lipinski definition) is 3. The van der Waals surface area contributed by atoms with Crippen LogP contribution >= 0.6 is 0 Å². The Hall–Kier alpha value is -2.80. The van der Waals surface area contributed by atoms with Crippen molar-refractivity contribution in [3.8, 4) is 11.8 Å². The van der Waals surface area contributed by atoms with E-state index in [0.717, 1.165) is 11.4 Å². The molecule has 0 saturated carbocycles. The van der Waals surface area contributed by atoms with Gasteiger partial charge in [0, 0.05) is 23.5 Å².